The van der Waals surface area contributed by atoms with Crippen LogP contribution in [0.3, 0.4) is 0 Å². The maximum atomic E-state index is 12.3. The zero-order valence-corrected chi connectivity index (χ0v) is 18.4. The second-order valence-electron chi connectivity index (χ2n) is 8.39. The number of aryl methyl sites for hydroxylation is 1. The topological polar surface area (TPSA) is 80.5 Å². The van der Waals surface area contributed by atoms with E-state index in [-0.39, 0.29) is 17.7 Å². The summed E-state index contributed by atoms with van der Waals surface area (Å²) >= 11 is 1.39. The van der Waals surface area contributed by atoms with Crippen molar-refractivity contribution in [3.8, 4) is 5.19 Å². The molecule has 0 spiro atoms. The molecule has 0 unspecified atom stereocenters. The summed E-state index contributed by atoms with van der Waals surface area (Å²) in [5, 5.41) is 7.17. The summed E-state index contributed by atoms with van der Waals surface area (Å²) in [5.74, 6) is 0.740. The van der Waals surface area contributed by atoms with Crippen LogP contribution in [0.2, 0.25) is 0 Å². The molecule has 4 rings (SSSR count). The first-order chi connectivity index (χ1) is 15.0. The molecule has 0 bridgehead atoms. The fraction of sp³-hybridized carbons (Fsp3) is 0.667. The van der Waals surface area contributed by atoms with Gasteiger partial charge in [0, 0.05) is 30.1 Å². The first-order valence-corrected chi connectivity index (χ1v) is 11.6. The number of amides is 1. The summed E-state index contributed by atoms with van der Waals surface area (Å²) in [6, 6.07) is 1.84. The molecule has 1 fully saturated rings. The van der Waals surface area contributed by atoms with Gasteiger partial charge < -0.3 is 14.6 Å². The zero-order valence-electron chi connectivity index (χ0n) is 17.6. The number of nitrogens with zero attached hydrogens (tertiary/aromatic N) is 3. The molecule has 0 saturated heterocycles. The number of alkyl halides is 2. The second-order valence-corrected chi connectivity index (χ2v) is 9.44. The molecule has 0 radical (unpaired) electrons. The first-order valence-electron chi connectivity index (χ1n) is 10.8. The lowest BCUT2D eigenvalue weighted by Crippen LogP contribution is -2.38. The van der Waals surface area contributed by atoms with Gasteiger partial charge in [-0.25, -0.2) is 13.8 Å². The van der Waals surface area contributed by atoms with E-state index in [9.17, 15) is 13.6 Å². The van der Waals surface area contributed by atoms with Crippen molar-refractivity contribution >= 4 is 17.2 Å². The fourth-order valence-corrected chi connectivity index (χ4v) is 5.22. The van der Waals surface area contributed by atoms with Crippen molar-refractivity contribution in [3.05, 3.63) is 28.1 Å². The van der Waals surface area contributed by atoms with Crippen LogP contribution in [0.15, 0.2) is 10.6 Å². The Balaban J connectivity index is 1.17. The highest BCUT2D eigenvalue weighted by atomic mass is 32.1. The largest absolute Gasteiger partial charge is 0.464 e. The smallest absolute Gasteiger partial charge is 0.290 e. The molecule has 0 atom stereocenters. The number of carbonyl (C=O) groups is 1. The molecule has 1 aliphatic carbocycles. The van der Waals surface area contributed by atoms with E-state index < -0.39 is 13.0 Å². The summed E-state index contributed by atoms with van der Waals surface area (Å²) < 4.78 is 34.8. The fourth-order valence-electron chi connectivity index (χ4n) is 4.30. The molecule has 170 valence electrons. The Morgan fingerprint density at radius 2 is 2.19 bits per heavy atom. The lowest BCUT2D eigenvalue weighted by Gasteiger charge is -2.31. The lowest BCUT2D eigenvalue weighted by molar-refractivity contribution is 0.0815. The van der Waals surface area contributed by atoms with Crippen molar-refractivity contribution in [2.24, 2.45) is 5.92 Å². The molecular formula is C21H28F2N4O3S. The van der Waals surface area contributed by atoms with Crippen LogP contribution in [0.1, 0.15) is 58.9 Å². The Bertz CT molecular complexity index is 880. The maximum absolute atomic E-state index is 12.3. The number of ether oxygens (including phenoxy) is 1. The zero-order chi connectivity index (χ0) is 21.8. The molecule has 2 aromatic rings. The van der Waals surface area contributed by atoms with Gasteiger partial charge >= 0.3 is 0 Å². The third-order valence-corrected chi connectivity index (χ3v) is 7.08. The second kappa shape index (κ2) is 10.0. The molecule has 31 heavy (non-hydrogen) atoms. The predicted molar refractivity (Wildman–Crippen MR) is 112 cm³/mol. The number of hydrogen-bond donors (Lipinski definition) is 1. The van der Waals surface area contributed by atoms with Crippen LogP contribution >= 0.6 is 11.3 Å². The quantitative estimate of drug-likeness (QED) is 0.653. The van der Waals surface area contributed by atoms with Crippen LogP contribution in [0.5, 0.6) is 5.19 Å². The number of fused-ring (bicyclic) bond motifs is 1. The number of nitrogens with one attached hydrogen (secondary N) is 1. The van der Waals surface area contributed by atoms with E-state index >= 15 is 0 Å². The Morgan fingerprint density at radius 3 is 2.90 bits per heavy atom. The van der Waals surface area contributed by atoms with Crippen molar-refractivity contribution < 1.29 is 22.8 Å². The number of thiazole rings is 1. The minimum Gasteiger partial charge on any atom is -0.464 e. The molecule has 0 aromatic carbocycles. The highest BCUT2D eigenvalue weighted by molar-refractivity contribution is 7.13. The van der Waals surface area contributed by atoms with Crippen molar-refractivity contribution in [1.29, 1.82) is 0 Å². The maximum Gasteiger partial charge on any atom is 0.290 e. The van der Waals surface area contributed by atoms with Crippen LogP contribution in [-0.2, 0) is 13.0 Å². The third-order valence-electron chi connectivity index (χ3n) is 6.01. The van der Waals surface area contributed by atoms with Gasteiger partial charge in [-0.3, -0.25) is 9.69 Å². The molecular weight excluding hydrogens is 426 g/mol. The minimum absolute atomic E-state index is 0.187. The van der Waals surface area contributed by atoms with E-state index in [1.165, 1.54) is 11.3 Å². The SMILES string of the molecule is Cc1cc(C(=O)NC2CCC(CCN3CCc4sc(OCC(F)F)nc4C3)CC2)on1. The van der Waals surface area contributed by atoms with Gasteiger partial charge in [0.2, 0.25) is 5.76 Å². The van der Waals surface area contributed by atoms with E-state index in [0.717, 1.165) is 68.7 Å². The minimum atomic E-state index is -2.48. The van der Waals surface area contributed by atoms with Gasteiger partial charge in [0.15, 0.2) is 6.61 Å². The number of halogens is 2. The average molecular weight is 455 g/mol. The normalized spacial score (nSPS) is 21.8. The number of carbonyl (C=O) groups excluding carboxylic acids is 1. The van der Waals surface area contributed by atoms with Gasteiger partial charge in [0.05, 0.1) is 11.4 Å². The summed E-state index contributed by atoms with van der Waals surface area (Å²) in [5.41, 5.74) is 1.67. The Labute approximate surface area is 184 Å². The lowest BCUT2D eigenvalue weighted by atomic mass is 9.84. The molecule has 7 nitrogen and oxygen atoms in total. The van der Waals surface area contributed by atoms with Crippen LogP contribution < -0.4 is 10.1 Å². The predicted octanol–water partition coefficient (Wildman–Crippen LogP) is 3.82. The van der Waals surface area contributed by atoms with Gasteiger partial charge in [0.25, 0.3) is 17.5 Å². The molecule has 2 aliphatic rings. The average Bonchev–Trinajstić information content (AvgIpc) is 3.37. The van der Waals surface area contributed by atoms with Crippen molar-refractivity contribution in [1.82, 2.24) is 20.4 Å². The van der Waals surface area contributed by atoms with Crippen molar-refractivity contribution in [2.45, 2.75) is 64.5 Å². The van der Waals surface area contributed by atoms with Gasteiger partial charge in [0.1, 0.15) is 0 Å². The van der Waals surface area contributed by atoms with Gasteiger partial charge in [-0.05, 0) is 57.9 Å². The highest BCUT2D eigenvalue weighted by Gasteiger charge is 2.26. The molecule has 3 heterocycles. The summed E-state index contributed by atoms with van der Waals surface area (Å²) in [7, 11) is 0. The van der Waals surface area contributed by atoms with Crippen LogP contribution in [-0.4, -0.2) is 53.1 Å². The van der Waals surface area contributed by atoms with Crippen LogP contribution in [0.4, 0.5) is 8.78 Å². The molecule has 1 N–H and O–H groups in total. The molecule has 1 aliphatic heterocycles. The number of aromatic nitrogens is 2. The van der Waals surface area contributed by atoms with E-state index in [4.69, 9.17) is 9.26 Å². The van der Waals surface area contributed by atoms with E-state index in [0.29, 0.717) is 16.8 Å². The highest BCUT2D eigenvalue weighted by Crippen LogP contribution is 2.31. The third kappa shape index (κ3) is 6.00. The summed E-state index contributed by atoms with van der Waals surface area (Å²) in [6.07, 6.45) is 3.69. The molecule has 1 saturated carbocycles. The van der Waals surface area contributed by atoms with Gasteiger partial charge in [-0.1, -0.05) is 16.5 Å². The van der Waals surface area contributed by atoms with Gasteiger partial charge in [-0.15, -0.1) is 0 Å². The van der Waals surface area contributed by atoms with Crippen LogP contribution in [0, 0.1) is 12.8 Å². The van der Waals surface area contributed by atoms with Crippen LogP contribution in [0.25, 0.3) is 0 Å². The molecule has 1 amide bonds. The van der Waals surface area contributed by atoms with Crippen molar-refractivity contribution in [3.63, 3.8) is 0 Å². The monoisotopic (exact) mass is 454 g/mol. The first kappa shape index (κ1) is 22.1. The standard InChI is InChI=1S/C21H28F2N4O3S/c1-13-10-17(30-26-13)20(28)24-15-4-2-14(3-5-15)6-8-27-9-7-18-16(11-27)25-21(31-18)29-12-19(22)23/h10,14-15,19H,2-9,11-12H2,1H3,(H,24,28). The Morgan fingerprint density at radius 1 is 1.39 bits per heavy atom. The molecule has 2 aromatic heterocycles. The van der Waals surface area contributed by atoms with E-state index in [1.807, 2.05) is 0 Å². The number of hydrogen-bond acceptors (Lipinski definition) is 7. The van der Waals surface area contributed by atoms with Crippen molar-refractivity contribution in [2.75, 3.05) is 19.7 Å². The Kier molecular flexibility index (Phi) is 7.16. The Hall–Kier alpha value is -2.07. The van der Waals surface area contributed by atoms with E-state index in [1.54, 1.807) is 13.0 Å². The number of rotatable bonds is 8. The van der Waals surface area contributed by atoms with E-state index in [2.05, 4.69) is 20.4 Å². The van der Waals surface area contributed by atoms with Gasteiger partial charge in [-0.2, -0.15) is 0 Å². The summed E-state index contributed by atoms with van der Waals surface area (Å²) in [6.45, 7) is 3.92. The summed E-state index contributed by atoms with van der Waals surface area (Å²) in [4.78, 5) is 20.2. The molecule has 10 heteroatoms.